The molecular formula is C26H27N3O4. The van der Waals surface area contributed by atoms with Gasteiger partial charge in [0.25, 0.3) is 0 Å². The highest BCUT2D eigenvalue weighted by atomic mass is 16.6. The van der Waals surface area contributed by atoms with Gasteiger partial charge in [-0.25, -0.2) is 4.79 Å². The van der Waals surface area contributed by atoms with Crippen LogP contribution in [0.1, 0.15) is 25.5 Å². The van der Waals surface area contributed by atoms with Crippen molar-refractivity contribution in [1.82, 2.24) is 0 Å². The normalized spacial score (nSPS) is 12.2. The molecule has 5 N–H and O–H groups in total. The predicted molar refractivity (Wildman–Crippen MR) is 130 cm³/mol. The molecule has 1 atom stereocenters. The van der Waals surface area contributed by atoms with Crippen LogP contribution in [-0.2, 0) is 9.53 Å². The summed E-state index contributed by atoms with van der Waals surface area (Å²) in [5.41, 5.74) is 7.34. The fourth-order valence-electron chi connectivity index (χ4n) is 3.24. The van der Waals surface area contributed by atoms with E-state index in [0.717, 1.165) is 0 Å². The lowest BCUT2D eigenvalue weighted by Gasteiger charge is -2.31. The monoisotopic (exact) mass is 445 g/mol. The first-order valence-corrected chi connectivity index (χ1v) is 10.4. The van der Waals surface area contributed by atoms with Crippen LogP contribution in [0, 0.1) is 5.41 Å². The zero-order valence-corrected chi connectivity index (χ0v) is 18.5. The van der Waals surface area contributed by atoms with Crippen molar-refractivity contribution in [2.45, 2.75) is 20.0 Å². The molecule has 0 aliphatic heterocycles. The van der Waals surface area contributed by atoms with E-state index < -0.39 is 17.6 Å². The minimum Gasteiger partial charge on any atom is -0.508 e. The van der Waals surface area contributed by atoms with Crippen molar-refractivity contribution < 1.29 is 19.4 Å². The summed E-state index contributed by atoms with van der Waals surface area (Å²) < 4.78 is 5.78. The number of phenolic OH excluding ortho intramolecular Hbond substituents is 1. The van der Waals surface area contributed by atoms with Gasteiger partial charge in [0, 0.05) is 11.1 Å². The summed E-state index contributed by atoms with van der Waals surface area (Å²) in [7, 11) is 0. The number of carbonyl (C=O) groups is 2. The molecule has 0 saturated heterocycles. The third-order valence-electron chi connectivity index (χ3n) is 5.00. The lowest BCUT2D eigenvalue weighted by Crippen LogP contribution is -2.28. The number of ether oxygens (including phenoxy) is 1. The van der Waals surface area contributed by atoms with Crippen LogP contribution in [0.4, 0.5) is 21.9 Å². The van der Waals surface area contributed by atoms with Gasteiger partial charge in [-0.3, -0.25) is 10.1 Å². The standard InChI is InChI=1S/C26H27N3O4/c1-26(2,17-16-23(31)29-22-11-7-6-10-21(22)27)24(18-12-14-20(30)15-13-18)33-25(32)28-19-8-4-3-5-9-19/h3-17,24,30H,27H2,1-2H3,(H,28,32)(H,29,31)/b17-16+/t24-/m0/s1. The SMILES string of the molecule is CC(C)(/C=C/C(=O)Nc1ccccc1N)[C@@H](OC(=O)Nc1ccccc1)c1ccc(O)cc1. The smallest absolute Gasteiger partial charge is 0.412 e. The van der Waals surface area contributed by atoms with Crippen LogP contribution >= 0.6 is 0 Å². The van der Waals surface area contributed by atoms with E-state index in [1.807, 2.05) is 19.9 Å². The molecule has 3 aromatic carbocycles. The van der Waals surface area contributed by atoms with E-state index in [1.54, 1.807) is 66.7 Å². The number of carbonyl (C=O) groups excluding carboxylic acids is 2. The molecule has 33 heavy (non-hydrogen) atoms. The van der Waals surface area contributed by atoms with Gasteiger partial charge in [0.2, 0.25) is 5.91 Å². The van der Waals surface area contributed by atoms with Gasteiger partial charge in [-0.15, -0.1) is 0 Å². The number of amides is 2. The van der Waals surface area contributed by atoms with E-state index in [-0.39, 0.29) is 11.7 Å². The molecule has 0 saturated carbocycles. The van der Waals surface area contributed by atoms with Gasteiger partial charge in [-0.05, 0) is 48.0 Å². The first-order chi connectivity index (χ1) is 15.7. The Kier molecular flexibility index (Phi) is 7.35. The quantitative estimate of drug-likeness (QED) is 0.284. The van der Waals surface area contributed by atoms with Crippen molar-refractivity contribution >= 4 is 29.1 Å². The molecular weight excluding hydrogens is 418 g/mol. The molecule has 0 aliphatic carbocycles. The highest BCUT2D eigenvalue weighted by Crippen LogP contribution is 2.38. The Morgan fingerprint density at radius 1 is 0.939 bits per heavy atom. The Morgan fingerprint density at radius 3 is 2.24 bits per heavy atom. The van der Waals surface area contributed by atoms with E-state index >= 15 is 0 Å². The molecule has 2 amide bonds. The summed E-state index contributed by atoms with van der Waals surface area (Å²) >= 11 is 0. The van der Waals surface area contributed by atoms with Gasteiger partial charge in [-0.1, -0.05) is 62.4 Å². The van der Waals surface area contributed by atoms with Crippen LogP contribution in [-0.4, -0.2) is 17.1 Å². The molecule has 0 unspecified atom stereocenters. The second-order valence-electron chi connectivity index (χ2n) is 8.10. The van der Waals surface area contributed by atoms with Crippen LogP contribution in [0.5, 0.6) is 5.75 Å². The number of hydrogen-bond donors (Lipinski definition) is 4. The maximum Gasteiger partial charge on any atom is 0.412 e. The minimum absolute atomic E-state index is 0.0967. The summed E-state index contributed by atoms with van der Waals surface area (Å²) in [6.45, 7) is 3.70. The molecule has 0 heterocycles. The third-order valence-corrected chi connectivity index (χ3v) is 5.00. The second-order valence-corrected chi connectivity index (χ2v) is 8.10. The minimum atomic E-state index is -0.773. The lowest BCUT2D eigenvalue weighted by atomic mass is 9.82. The van der Waals surface area contributed by atoms with Crippen molar-refractivity contribution in [3.8, 4) is 5.75 Å². The molecule has 0 bridgehead atoms. The highest BCUT2D eigenvalue weighted by Gasteiger charge is 2.32. The Bertz CT molecular complexity index is 1130. The number of para-hydroxylation sites is 3. The Morgan fingerprint density at radius 2 is 1.58 bits per heavy atom. The molecule has 7 heteroatoms. The highest BCUT2D eigenvalue weighted by molar-refractivity contribution is 6.01. The molecule has 0 fully saturated rings. The van der Waals surface area contributed by atoms with E-state index in [0.29, 0.717) is 22.6 Å². The average molecular weight is 446 g/mol. The van der Waals surface area contributed by atoms with Crippen LogP contribution < -0.4 is 16.4 Å². The molecule has 170 valence electrons. The van der Waals surface area contributed by atoms with Crippen molar-refractivity contribution in [1.29, 1.82) is 0 Å². The van der Waals surface area contributed by atoms with Crippen LogP contribution in [0.25, 0.3) is 0 Å². The Labute approximate surface area is 192 Å². The van der Waals surface area contributed by atoms with E-state index in [1.165, 1.54) is 18.2 Å². The molecule has 3 rings (SSSR count). The Hall–Kier alpha value is -4.26. The summed E-state index contributed by atoms with van der Waals surface area (Å²) in [5, 5.41) is 15.1. The average Bonchev–Trinajstić information content (AvgIpc) is 2.79. The van der Waals surface area contributed by atoms with Gasteiger partial charge in [0.1, 0.15) is 11.9 Å². The van der Waals surface area contributed by atoms with Gasteiger partial charge < -0.3 is 20.9 Å². The molecule has 0 aliphatic rings. The Balaban J connectivity index is 1.79. The number of phenols is 1. The largest absolute Gasteiger partial charge is 0.508 e. The molecule has 0 radical (unpaired) electrons. The van der Waals surface area contributed by atoms with Crippen molar-refractivity contribution in [2.24, 2.45) is 5.41 Å². The zero-order valence-electron chi connectivity index (χ0n) is 18.5. The molecule has 7 nitrogen and oxygen atoms in total. The van der Waals surface area contributed by atoms with E-state index in [2.05, 4.69) is 10.6 Å². The number of aromatic hydroxyl groups is 1. The number of benzene rings is 3. The summed E-state index contributed by atoms with van der Waals surface area (Å²) in [6, 6.07) is 22.3. The van der Waals surface area contributed by atoms with E-state index in [4.69, 9.17) is 10.5 Å². The number of rotatable bonds is 7. The van der Waals surface area contributed by atoms with Crippen LogP contribution in [0.15, 0.2) is 91.0 Å². The number of anilines is 3. The number of nitrogens with two attached hydrogens (primary N) is 1. The van der Waals surface area contributed by atoms with Crippen molar-refractivity contribution in [3.63, 3.8) is 0 Å². The van der Waals surface area contributed by atoms with Gasteiger partial charge in [-0.2, -0.15) is 0 Å². The van der Waals surface area contributed by atoms with Crippen molar-refractivity contribution in [2.75, 3.05) is 16.4 Å². The fourth-order valence-corrected chi connectivity index (χ4v) is 3.24. The second kappa shape index (κ2) is 10.4. The maximum absolute atomic E-state index is 12.6. The predicted octanol–water partition coefficient (Wildman–Crippen LogP) is 5.49. The first-order valence-electron chi connectivity index (χ1n) is 10.4. The number of nitrogen functional groups attached to an aromatic ring is 1. The molecule has 3 aromatic rings. The van der Waals surface area contributed by atoms with Gasteiger partial charge in [0.15, 0.2) is 0 Å². The topological polar surface area (TPSA) is 114 Å². The van der Waals surface area contributed by atoms with Crippen LogP contribution in [0.3, 0.4) is 0 Å². The number of nitrogens with one attached hydrogen (secondary N) is 2. The van der Waals surface area contributed by atoms with E-state index in [9.17, 15) is 14.7 Å². The third kappa shape index (κ3) is 6.61. The van der Waals surface area contributed by atoms with Gasteiger partial charge >= 0.3 is 6.09 Å². The lowest BCUT2D eigenvalue weighted by molar-refractivity contribution is -0.112. The maximum atomic E-state index is 12.6. The summed E-state index contributed by atoms with van der Waals surface area (Å²) in [4.78, 5) is 25.1. The first kappa shape index (κ1) is 23.4. The molecule has 0 spiro atoms. The van der Waals surface area contributed by atoms with Gasteiger partial charge in [0.05, 0.1) is 11.4 Å². The molecule has 0 aromatic heterocycles. The summed E-state index contributed by atoms with van der Waals surface area (Å²) in [5.74, 6) is -0.265. The summed E-state index contributed by atoms with van der Waals surface area (Å²) in [6.07, 6.45) is 1.68. The fraction of sp³-hybridized carbons (Fsp3) is 0.154. The number of hydrogen-bond acceptors (Lipinski definition) is 5. The van der Waals surface area contributed by atoms with Crippen LogP contribution in [0.2, 0.25) is 0 Å². The zero-order chi connectivity index (χ0) is 23.8. The van der Waals surface area contributed by atoms with Crippen molar-refractivity contribution in [3.05, 3.63) is 96.6 Å².